The second-order valence-corrected chi connectivity index (χ2v) is 8.88. The highest BCUT2D eigenvalue weighted by Gasteiger charge is 2.54. The van der Waals surface area contributed by atoms with Gasteiger partial charge in [-0.15, -0.1) is 0 Å². The number of nitrogens with zero attached hydrogens (tertiary/aromatic N) is 2. The molecule has 0 saturated carbocycles. The van der Waals surface area contributed by atoms with Crippen molar-refractivity contribution in [1.29, 1.82) is 0 Å². The summed E-state index contributed by atoms with van der Waals surface area (Å²) < 4.78 is 5.79. The van der Waals surface area contributed by atoms with Gasteiger partial charge in [-0.25, -0.2) is 9.69 Å². The van der Waals surface area contributed by atoms with Crippen molar-refractivity contribution in [1.82, 2.24) is 10.2 Å². The second-order valence-electron chi connectivity index (χ2n) is 8.88. The van der Waals surface area contributed by atoms with Crippen LogP contribution in [0.1, 0.15) is 30.9 Å². The third-order valence-corrected chi connectivity index (χ3v) is 7.01. The molecule has 0 bridgehead atoms. The molecule has 2 aromatic rings. The van der Waals surface area contributed by atoms with Gasteiger partial charge in [-0.1, -0.05) is 36.4 Å². The van der Waals surface area contributed by atoms with Crippen LogP contribution in [0.15, 0.2) is 48.5 Å². The Morgan fingerprint density at radius 2 is 1.81 bits per heavy atom. The lowest BCUT2D eigenvalue weighted by atomic mass is 9.76. The van der Waals surface area contributed by atoms with Gasteiger partial charge in [0.1, 0.15) is 11.3 Å². The van der Waals surface area contributed by atoms with E-state index >= 15 is 0 Å². The summed E-state index contributed by atoms with van der Waals surface area (Å²) in [5.74, 6) is 0.816. The first kappa shape index (κ1) is 20.8. The van der Waals surface area contributed by atoms with E-state index in [9.17, 15) is 9.59 Å². The minimum Gasteiger partial charge on any atom is -0.492 e. The Bertz CT molecular complexity index is 1020. The first-order valence-electron chi connectivity index (χ1n) is 11.7. The number of para-hydroxylation sites is 2. The van der Waals surface area contributed by atoms with E-state index in [1.807, 2.05) is 43.3 Å². The summed E-state index contributed by atoms with van der Waals surface area (Å²) in [6.07, 6.45) is 2.53. The fraction of sp³-hybridized carbons (Fsp3) is 0.440. The Morgan fingerprint density at radius 1 is 1.06 bits per heavy atom. The summed E-state index contributed by atoms with van der Waals surface area (Å²) in [7, 11) is 0. The number of amides is 3. The molecule has 3 aliphatic rings. The molecule has 32 heavy (non-hydrogen) atoms. The van der Waals surface area contributed by atoms with Crippen molar-refractivity contribution in [2.24, 2.45) is 0 Å². The average molecular weight is 436 g/mol. The van der Waals surface area contributed by atoms with Crippen molar-refractivity contribution in [2.75, 3.05) is 44.4 Å². The van der Waals surface area contributed by atoms with Crippen molar-refractivity contribution >= 4 is 17.6 Å². The zero-order chi connectivity index (χ0) is 22.1. The van der Waals surface area contributed by atoms with Crippen LogP contribution in [0.3, 0.4) is 0 Å². The van der Waals surface area contributed by atoms with Crippen LogP contribution in [0.4, 0.5) is 10.5 Å². The predicted molar refractivity (Wildman–Crippen MR) is 122 cm³/mol. The molecule has 2 heterocycles. The maximum atomic E-state index is 13.5. The number of quaternary nitrogens is 1. The molecule has 7 nitrogen and oxygen atoms in total. The normalized spacial score (nSPS) is 23.4. The number of fused-ring (bicyclic) bond motifs is 2. The molecular weight excluding hydrogens is 404 g/mol. The summed E-state index contributed by atoms with van der Waals surface area (Å²) >= 11 is 0. The zero-order valence-electron chi connectivity index (χ0n) is 18.6. The number of nitrogens with one attached hydrogen (secondary N) is 2. The number of ether oxygens (including phenoxy) is 1. The molecule has 0 aromatic heterocycles. The number of anilines is 1. The van der Waals surface area contributed by atoms with Crippen LogP contribution in [0, 0.1) is 0 Å². The van der Waals surface area contributed by atoms with Crippen LogP contribution in [0.2, 0.25) is 0 Å². The van der Waals surface area contributed by atoms with Crippen LogP contribution < -0.4 is 19.9 Å². The standard InChI is InChI=1S/C25H30N4O3/c1-2-32-22-12-6-5-11-21(22)28-16-14-27(15-17-28)18-29-23(30)25(26-24(29)31)13-7-9-19-8-3-4-10-20(19)25/h3-6,8,10-12H,2,7,9,13-18H2,1H3,(H,26,31)/p+1/t25-/m1/s1. The first-order valence-corrected chi connectivity index (χ1v) is 11.7. The summed E-state index contributed by atoms with van der Waals surface area (Å²) in [6.45, 7) is 6.49. The molecule has 2 fully saturated rings. The van der Waals surface area contributed by atoms with Crippen molar-refractivity contribution < 1.29 is 19.2 Å². The molecule has 2 saturated heterocycles. The molecule has 7 heteroatoms. The Hall–Kier alpha value is -3.06. The van der Waals surface area contributed by atoms with Gasteiger partial charge in [-0.3, -0.25) is 4.79 Å². The van der Waals surface area contributed by atoms with E-state index in [1.165, 1.54) is 15.4 Å². The van der Waals surface area contributed by atoms with E-state index in [1.54, 1.807) is 0 Å². The molecule has 0 unspecified atom stereocenters. The summed E-state index contributed by atoms with van der Waals surface area (Å²) in [5, 5.41) is 3.07. The molecule has 2 N–H and O–H groups in total. The van der Waals surface area contributed by atoms with E-state index < -0.39 is 5.54 Å². The van der Waals surface area contributed by atoms with Gasteiger partial charge in [0.2, 0.25) is 0 Å². The fourth-order valence-corrected chi connectivity index (χ4v) is 5.40. The third-order valence-electron chi connectivity index (χ3n) is 7.01. The molecule has 1 atom stereocenters. The number of hydrogen-bond acceptors (Lipinski definition) is 4. The summed E-state index contributed by atoms with van der Waals surface area (Å²) in [5.41, 5.74) is 2.37. The number of carbonyl (C=O) groups excluding carboxylic acids is 2. The quantitative estimate of drug-likeness (QED) is 0.700. The highest BCUT2D eigenvalue weighted by atomic mass is 16.5. The van der Waals surface area contributed by atoms with Gasteiger partial charge in [0.15, 0.2) is 6.67 Å². The van der Waals surface area contributed by atoms with E-state index in [2.05, 4.69) is 22.3 Å². The number of aryl methyl sites for hydroxylation is 1. The molecule has 168 valence electrons. The number of piperazine rings is 1. The largest absolute Gasteiger partial charge is 0.492 e. The Labute approximate surface area is 188 Å². The minimum absolute atomic E-state index is 0.0914. The molecule has 3 amide bonds. The number of hydrogen-bond donors (Lipinski definition) is 2. The van der Waals surface area contributed by atoms with Gasteiger partial charge >= 0.3 is 6.03 Å². The van der Waals surface area contributed by atoms with Crippen molar-refractivity contribution in [3.63, 3.8) is 0 Å². The van der Waals surface area contributed by atoms with E-state index in [0.717, 1.165) is 56.0 Å². The van der Waals surface area contributed by atoms with E-state index in [0.29, 0.717) is 19.7 Å². The molecule has 0 radical (unpaired) electrons. The highest BCUT2D eigenvalue weighted by Crippen LogP contribution is 2.39. The van der Waals surface area contributed by atoms with Gasteiger partial charge in [-0.05, 0) is 49.4 Å². The summed E-state index contributed by atoms with van der Waals surface area (Å²) in [6, 6.07) is 15.9. The monoisotopic (exact) mass is 435 g/mol. The van der Waals surface area contributed by atoms with Crippen LogP contribution in [0.25, 0.3) is 0 Å². The number of carbonyl (C=O) groups is 2. The molecule has 2 aromatic carbocycles. The van der Waals surface area contributed by atoms with Gasteiger partial charge in [-0.2, -0.15) is 0 Å². The predicted octanol–water partition coefficient (Wildman–Crippen LogP) is 1.53. The minimum atomic E-state index is -0.885. The third kappa shape index (κ3) is 3.50. The van der Waals surface area contributed by atoms with Crippen LogP contribution in [-0.4, -0.2) is 56.3 Å². The molecule has 5 rings (SSSR count). The van der Waals surface area contributed by atoms with Crippen molar-refractivity contribution in [3.05, 3.63) is 59.7 Å². The van der Waals surface area contributed by atoms with Crippen LogP contribution >= 0.6 is 0 Å². The molecular formula is C25H31N4O3+. The smallest absolute Gasteiger partial charge is 0.329 e. The van der Waals surface area contributed by atoms with E-state index in [-0.39, 0.29) is 11.9 Å². The fourth-order valence-electron chi connectivity index (χ4n) is 5.40. The average Bonchev–Trinajstić information content (AvgIpc) is 3.05. The first-order chi connectivity index (χ1) is 15.6. The van der Waals surface area contributed by atoms with Gasteiger partial charge in [0.25, 0.3) is 5.91 Å². The molecule has 1 spiro atoms. The Morgan fingerprint density at radius 3 is 2.62 bits per heavy atom. The van der Waals surface area contributed by atoms with Crippen LogP contribution in [0.5, 0.6) is 5.75 Å². The molecule has 1 aliphatic carbocycles. The topological polar surface area (TPSA) is 66.3 Å². The maximum Gasteiger partial charge on any atom is 0.329 e. The number of urea groups is 1. The molecule has 2 aliphatic heterocycles. The lowest BCUT2D eigenvalue weighted by molar-refractivity contribution is -0.907. The number of rotatable bonds is 5. The summed E-state index contributed by atoms with van der Waals surface area (Å²) in [4.78, 5) is 31.5. The number of benzene rings is 2. The van der Waals surface area contributed by atoms with Crippen LogP contribution in [-0.2, 0) is 16.8 Å². The van der Waals surface area contributed by atoms with Crippen molar-refractivity contribution in [3.8, 4) is 5.75 Å². The second kappa shape index (κ2) is 8.47. The SMILES string of the molecule is CCOc1ccccc1N1CC[NH+](CN2C(=O)N[C@@]3(CCCc4ccccc43)C2=O)CC1. The zero-order valence-corrected chi connectivity index (χ0v) is 18.6. The van der Waals surface area contributed by atoms with Crippen molar-refractivity contribution in [2.45, 2.75) is 31.7 Å². The lowest BCUT2D eigenvalue weighted by Gasteiger charge is -2.36. The highest BCUT2D eigenvalue weighted by molar-refractivity contribution is 6.07. The van der Waals surface area contributed by atoms with E-state index in [4.69, 9.17) is 4.74 Å². The Balaban J connectivity index is 1.27. The number of imide groups is 1. The van der Waals surface area contributed by atoms with Gasteiger partial charge in [0.05, 0.1) is 38.5 Å². The Kier molecular flexibility index (Phi) is 5.51. The maximum absolute atomic E-state index is 13.5. The lowest BCUT2D eigenvalue weighted by Crippen LogP contribution is -3.16. The van der Waals surface area contributed by atoms with Gasteiger partial charge < -0.3 is 19.9 Å². The van der Waals surface area contributed by atoms with Gasteiger partial charge in [0, 0.05) is 0 Å².